The van der Waals surface area contributed by atoms with E-state index < -0.39 is 0 Å². The lowest BCUT2D eigenvalue weighted by molar-refractivity contribution is 0.237. The van der Waals surface area contributed by atoms with Crippen LogP contribution in [0.15, 0.2) is 18.3 Å². The van der Waals surface area contributed by atoms with E-state index in [-0.39, 0.29) is 0 Å². The van der Waals surface area contributed by atoms with Gasteiger partial charge in [0, 0.05) is 13.1 Å². The Morgan fingerprint density at radius 3 is 2.75 bits per heavy atom. The lowest BCUT2D eigenvalue weighted by Crippen LogP contribution is -2.25. The molecule has 88 valence electrons. The fraction of sp³-hybridized carbons (Fsp3) is 0.583. The summed E-state index contributed by atoms with van der Waals surface area (Å²) in [6, 6.07) is 3.84. The Balaban J connectivity index is 1.71. The maximum atomic E-state index is 5.62. The van der Waals surface area contributed by atoms with Crippen molar-refractivity contribution in [1.29, 1.82) is 0 Å². The highest BCUT2D eigenvalue weighted by atomic mass is 16.5. The minimum absolute atomic E-state index is 0.480. The molecular formula is C12H19N3O. The van der Waals surface area contributed by atoms with Crippen LogP contribution >= 0.6 is 0 Å². The first-order chi connectivity index (χ1) is 7.88. The molecule has 4 nitrogen and oxygen atoms in total. The molecule has 0 radical (unpaired) electrons. The molecule has 2 N–H and O–H groups in total. The summed E-state index contributed by atoms with van der Waals surface area (Å²) in [6.07, 6.45) is 4.39. The van der Waals surface area contributed by atoms with E-state index in [4.69, 9.17) is 10.5 Å². The normalized spacial score (nSPS) is 16.6. The molecule has 2 rings (SSSR count). The van der Waals surface area contributed by atoms with Gasteiger partial charge in [-0.3, -0.25) is 9.88 Å². The standard InChI is InChI=1S/C12H19N3O/c13-9-11-3-4-12(10-14-11)16-8-7-15-5-1-2-6-15/h3-4,10H,1-2,5-9,13H2. The molecule has 0 unspecified atom stereocenters. The van der Waals surface area contributed by atoms with Crippen LogP contribution in [0.3, 0.4) is 0 Å². The zero-order valence-electron chi connectivity index (χ0n) is 9.56. The van der Waals surface area contributed by atoms with E-state index in [9.17, 15) is 0 Å². The number of rotatable bonds is 5. The van der Waals surface area contributed by atoms with Crippen molar-refractivity contribution >= 4 is 0 Å². The molecule has 1 aliphatic rings. The fourth-order valence-electron chi connectivity index (χ4n) is 1.92. The molecule has 1 fully saturated rings. The largest absolute Gasteiger partial charge is 0.491 e. The Bertz CT molecular complexity index is 307. The predicted octanol–water partition coefficient (Wildman–Crippen LogP) is 1.01. The SMILES string of the molecule is NCc1ccc(OCCN2CCCC2)cn1. The average Bonchev–Trinajstić information content (AvgIpc) is 2.83. The Morgan fingerprint density at radius 2 is 2.12 bits per heavy atom. The van der Waals surface area contributed by atoms with Gasteiger partial charge in [-0.25, -0.2) is 0 Å². The topological polar surface area (TPSA) is 51.4 Å². The van der Waals surface area contributed by atoms with E-state index in [0.29, 0.717) is 6.54 Å². The summed E-state index contributed by atoms with van der Waals surface area (Å²) in [5.74, 6) is 0.830. The molecule has 1 aromatic heterocycles. The molecule has 16 heavy (non-hydrogen) atoms. The molecule has 1 saturated heterocycles. The van der Waals surface area contributed by atoms with Crippen molar-refractivity contribution in [2.45, 2.75) is 19.4 Å². The van der Waals surface area contributed by atoms with Crippen LogP contribution in [-0.4, -0.2) is 36.1 Å². The predicted molar refractivity (Wildman–Crippen MR) is 63.3 cm³/mol. The highest BCUT2D eigenvalue weighted by Crippen LogP contribution is 2.10. The third-order valence-electron chi connectivity index (χ3n) is 2.88. The van der Waals surface area contributed by atoms with Gasteiger partial charge in [0.25, 0.3) is 0 Å². The second-order valence-electron chi connectivity index (χ2n) is 4.09. The van der Waals surface area contributed by atoms with Crippen LogP contribution in [0, 0.1) is 0 Å². The van der Waals surface area contributed by atoms with Gasteiger partial charge < -0.3 is 10.5 Å². The zero-order chi connectivity index (χ0) is 11.2. The first-order valence-corrected chi connectivity index (χ1v) is 5.88. The minimum Gasteiger partial charge on any atom is -0.491 e. The smallest absolute Gasteiger partial charge is 0.137 e. The lowest BCUT2D eigenvalue weighted by Gasteiger charge is -2.14. The number of nitrogens with zero attached hydrogens (tertiary/aromatic N) is 2. The van der Waals surface area contributed by atoms with E-state index in [2.05, 4.69) is 9.88 Å². The molecule has 0 aromatic carbocycles. The lowest BCUT2D eigenvalue weighted by atomic mass is 10.3. The van der Waals surface area contributed by atoms with Gasteiger partial charge in [-0.15, -0.1) is 0 Å². The van der Waals surface area contributed by atoms with Crippen LogP contribution in [0.2, 0.25) is 0 Å². The molecule has 1 aromatic rings. The van der Waals surface area contributed by atoms with Crippen LogP contribution in [0.4, 0.5) is 0 Å². The Labute approximate surface area is 96.4 Å². The number of ether oxygens (including phenoxy) is 1. The number of likely N-dealkylation sites (tertiary alicyclic amines) is 1. The summed E-state index contributed by atoms with van der Waals surface area (Å²) in [5, 5.41) is 0. The van der Waals surface area contributed by atoms with Crippen molar-refractivity contribution in [3.63, 3.8) is 0 Å². The number of hydrogen-bond acceptors (Lipinski definition) is 4. The van der Waals surface area contributed by atoms with Gasteiger partial charge in [-0.1, -0.05) is 0 Å². The van der Waals surface area contributed by atoms with Crippen molar-refractivity contribution in [2.75, 3.05) is 26.2 Å². The molecule has 4 heteroatoms. The van der Waals surface area contributed by atoms with Crippen molar-refractivity contribution in [2.24, 2.45) is 5.73 Å². The van der Waals surface area contributed by atoms with Gasteiger partial charge in [-0.05, 0) is 38.1 Å². The van der Waals surface area contributed by atoms with Crippen molar-refractivity contribution in [1.82, 2.24) is 9.88 Å². The van der Waals surface area contributed by atoms with Crippen molar-refractivity contribution in [3.8, 4) is 5.75 Å². The molecular weight excluding hydrogens is 202 g/mol. The Morgan fingerprint density at radius 1 is 1.31 bits per heavy atom. The van der Waals surface area contributed by atoms with E-state index >= 15 is 0 Å². The van der Waals surface area contributed by atoms with Crippen LogP contribution in [-0.2, 0) is 6.54 Å². The number of aromatic nitrogens is 1. The maximum Gasteiger partial charge on any atom is 0.137 e. The van der Waals surface area contributed by atoms with Gasteiger partial charge in [0.2, 0.25) is 0 Å². The molecule has 0 amide bonds. The summed E-state index contributed by atoms with van der Waals surface area (Å²) in [7, 11) is 0. The molecule has 0 saturated carbocycles. The van der Waals surface area contributed by atoms with E-state index in [1.54, 1.807) is 6.20 Å². The summed E-state index contributed by atoms with van der Waals surface area (Å²) in [6.45, 7) is 4.66. The molecule has 0 bridgehead atoms. The first kappa shape index (κ1) is 11.4. The second-order valence-corrected chi connectivity index (χ2v) is 4.09. The van der Waals surface area contributed by atoms with Crippen LogP contribution in [0.1, 0.15) is 18.5 Å². The monoisotopic (exact) mass is 221 g/mol. The van der Waals surface area contributed by atoms with Gasteiger partial charge in [-0.2, -0.15) is 0 Å². The molecule has 0 aliphatic carbocycles. The highest BCUT2D eigenvalue weighted by Gasteiger charge is 2.10. The summed E-state index contributed by atoms with van der Waals surface area (Å²) < 4.78 is 5.62. The first-order valence-electron chi connectivity index (χ1n) is 5.88. The van der Waals surface area contributed by atoms with Crippen molar-refractivity contribution < 1.29 is 4.74 Å². The minimum atomic E-state index is 0.480. The number of pyridine rings is 1. The van der Waals surface area contributed by atoms with E-state index in [0.717, 1.165) is 24.6 Å². The maximum absolute atomic E-state index is 5.62. The Kier molecular flexibility index (Phi) is 4.13. The summed E-state index contributed by atoms with van der Waals surface area (Å²) in [4.78, 5) is 6.62. The van der Waals surface area contributed by atoms with Crippen LogP contribution < -0.4 is 10.5 Å². The number of hydrogen-bond donors (Lipinski definition) is 1. The average molecular weight is 221 g/mol. The van der Waals surface area contributed by atoms with Gasteiger partial charge in [0.05, 0.1) is 11.9 Å². The van der Waals surface area contributed by atoms with Crippen LogP contribution in [0.25, 0.3) is 0 Å². The summed E-state index contributed by atoms with van der Waals surface area (Å²) in [5.41, 5.74) is 6.37. The van der Waals surface area contributed by atoms with E-state index in [1.807, 2.05) is 12.1 Å². The number of nitrogens with two attached hydrogens (primary N) is 1. The zero-order valence-corrected chi connectivity index (χ0v) is 9.56. The molecule has 0 atom stereocenters. The fourth-order valence-corrected chi connectivity index (χ4v) is 1.92. The van der Waals surface area contributed by atoms with Crippen LogP contribution in [0.5, 0.6) is 5.75 Å². The van der Waals surface area contributed by atoms with E-state index in [1.165, 1.54) is 25.9 Å². The quantitative estimate of drug-likeness (QED) is 0.806. The molecule has 2 heterocycles. The Hall–Kier alpha value is -1.13. The summed E-state index contributed by atoms with van der Waals surface area (Å²) >= 11 is 0. The van der Waals surface area contributed by atoms with Gasteiger partial charge in [0.1, 0.15) is 12.4 Å². The third kappa shape index (κ3) is 3.18. The van der Waals surface area contributed by atoms with Gasteiger partial charge in [0.15, 0.2) is 0 Å². The second kappa shape index (κ2) is 5.82. The molecule has 0 spiro atoms. The highest BCUT2D eigenvalue weighted by molar-refractivity contribution is 5.19. The molecule has 1 aliphatic heterocycles. The van der Waals surface area contributed by atoms with Crippen molar-refractivity contribution in [3.05, 3.63) is 24.0 Å². The third-order valence-corrected chi connectivity index (χ3v) is 2.88. The van der Waals surface area contributed by atoms with Gasteiger partial charge >= 0.3 is 0 Å².